The Hall–Kier alpha value is -2.29. The quantitative estimate of drug-likeness (QED) is 0.623. The van der Waals surface area contributed by atoms with Crippen molar-refractivity contribution in [2.75, 3.05) is 18.0 Å². The van der Waals surface area contributed by atoms with Gasteiger partial charge in [-0.3, -0.25) is 5.41 Å². The van der Waals surface area contributed by atoms with Gasteiger partial charge >= 0.3 is 0 Å². The third-order valence-corrected chi connectivity index (χ3v) is 3.48. The number of rotatable bonds is 6. The van der Waals surface area contributed by atoms with Gasteiger partial charge in [0.25, 0.3) is 0 Å². The Bertz CT molecular complexity index is 537. The van der Waals surface area contributed by atoms with Gasteiger partial charge in [-0.2, -0.15) is 0 Å². The van der Waals surface area contributed by atoms with E-state index in [-0.39, 0.29) is 11.8 Å². The molecule has 1 atom stereocenters. The molecule has 0 saturated heterocycles. The molecule has 2 rings (SSSR count). The van der Waals surface area contributed by atoms with E-state index in [1.165, 1.54) is 0 Å². The number of nitrogens with one attached hydrogen (secondary N) is 1. The highest BCUT2D eigenvalue weighted by molar-refractivity contribution is 5.85. The first-order valence-corrected chi connectivity index (χ1v) is 6.91. The molecule has 104 valence electrons. The van der Waals surface area contributed by atoms with Crippen molar-refractivity contribution in [2.24, 2.45) is 5.73 Å². The van der Waals surface area contributed by atoms with Crippen LogP contribution >= 0.6 is 0 Å². The average molecular weight is 267 g/mol. The van der Waals surface area contributed by atoms with Crippen LogP contribution in [0.5, 0.6) is 0 Å². The van der Waals surface area contributed by atoms with E-state index in [0.717, 1.165) is 24.3 Å². The number of nitrogens with zero attached hydrogens (tertiary/aromatic N) is 1. The Kier molecular flexibility index (Phi) is 4.77. The summed E-state index contributed by atoms with van der Waals surface area (Å²) in [5.41, 5.74) is 8.06. The van der Waals surface area contributed by atoms with E-state index in [2.05, 4.69) is 24.0 Å². The van der Waals surface area contributed by atoms with E-state index in [0.29, 0.717) is 0 Å². The first-order valence-electron chi connectivity index (χ1n) is 6.91. The predicted molar refractivity (Wildman–Crippen MR) is 85.4 cm³/mol. The third-order valence-electron chi connectivity index (χ3n) is 3.48. The zero-order chi connectivity index (χ0) is 14.4. The van der Waals surface area contributed by atoms with Crippen LogP contribution in [-0.4, -0.2) is 18.9 Å². The molecule has 0 fully saturated rings. The van der Waals surface area contributed by atoms with Gasteiger partial charge in [0.1, 0.15) is 0 Å². The molecule has 0 aliphatic heterocycles. The number of hydrogen-bond donors (Lipinski definition) is 2. The molecule has 0 aromatic heterocycles. The van der Waals surface area contributed by atoms with E-state index in [1.807, 2.05) is 48.5 Å². The van der Waals surface area contributed by atoms with E-state index in [9.17, 15) is 0 Å². The fourth-order valence-corrected chi connectivity index (χ4v) is 2.34. The lowest BCUT2D eigenvalue weighted by molar-refractivity contribution is 0.764. The summed E-state index contributed by atoms with van der Waals surface area (Å²) in [7, 11) is 0. The largest absolute Gasteiger partial charge is 0.387 e. The Labute approximate surface area is 120 Å². The fraction of sp³-hybridized carbons (Fsp3) is 0.235. The molecule has 2 aromatic rings. The summed E-state index contributed by atoms with van der Waals surface area (Å²) in [5.74, 6) is 0.141. The summed E-state index contributed by atoms with van der Waals surface area (Å²) in [6, 6.07) is 20.3. The molecule has 0 spiro atoms. The van der Waals surface area contributed by atoms with Crippen molar-refractivity contribution in [1.29, 1.82) is 5.41 Å². The highest BCUT2D eigenvalue weighted by Gasteiger charge is 2.18. The van der Waals surface area contributed by atoms with Crippen molar-refractivity contribution in [3.8, 4) is 0 Å². The second kappa shape index (κ2) is 6.75. The first-order chi connectivity index (χ1) is 9.72. The van der Waals surface area contributed by atoms with Crippen LogP contribution in [-0.2, 0) is 0 Å². The second-order valence-electron chi connectivity index (χ2n) is 4.79. The molecule has 0 radical (unpaired) electrons. The molecule has 3 nitrogen and oxygen atoms in total. The van der Waals surface area contributed by atoms with Crippen molar-refractivity contribution < 1.29 is 0 Å². The Balaban J connectivity index is 2.21. The molecule has 0 bridgehead atoms. The minimum absolute atomic E-state index is 0.0728. The van der Waals surface area contributed by atoms with Crippen molar-refractivity contribution in [2.45, 2.75) is 12.8 Å². The molecule has 2 aromatic carbocycles. The summed E-state index contributed by atoms with van der Waals surface area (Å²) in [6.45, 7) is 3.73. The van der Waals surface area contributed by atoms with Crippen LogP contribution in [0.1, 0.15) is 18.4 Å². The van der Waals surface area contributed by atoms with Gasteiger partial charge in [0.15, 0.2) is 0 Å². The van der Waals surface area contributed by atoms with E-state index < -0.39 is 0 Å². The molecule has 3 N–H and O–H groups in total. The molecular weight excluding hydrogens is 246 g/mol. The number of amidine groups is 1. The topological polar surface area (TPSA) is 53.1 Å². The van der Waals surface area contributed by atoms with Crippen LogP contribution in [0.25, 0.3) is 0 Å². The summed E-state index contributed by atoms with van der Waals surface area (Å²) in [4.78, 5) is 2.25. The molecule has 0 saturated carbocycles. The second-order valence-corrected chi connectivity index (χ2v) is 4.79. The van der Waals surface area contributed by atoms with Crippen LogP contribution in [0.2, 0.25) is 0 Å². The summed E-state index contributed by atoms with van der Waals surface area (Å²) in [6.07, 6.45) is 0. The summed E-state index contributed by atoms with van der Waals surface area (Å²) in [5, 5.41) is 7.87. The monoisotopic (exact) mass is 267 g/mol. The number of anilines is 1. The van der Waals surface area contributed by atoms with Crippen LogP contribution in [0.3, 0.4) is 0 Å². The predicted octanol–water partition coefficient (Wildman–Crippen LogP) is 3.23. The van der Waals surface area contributed by atoms with Gasteiger partial charge in [-0.05, 0) is 24.6 Å². The summed E-state index contributed by atoms with van der Waals surface area (Å²) < 4.78 is 0. The number of likely N-dealkylation sites (N-methyl/N-ethyl adjacent to an activating group) is 1. The zero-order valence-corrected chi connectivity index (χ0v) is 11.8. The van der Waals surface area contributed by atoms with E-state index in [4.69, 9.17) is 11.1 Å². The number of hydrogen-bond acceptors (Lipinski definition) is 2. The maximum Gasteiger partial charge on any atom is 0.1000 e. The number of nitrogens with two attached hydrogens (primary N) is 1. The molecule has 0 aliphatic carbocycles. The van der Waals surface area contributed by atoms with Crippen molar-refractivity contribution in [3.63, 3.8) is 0 Å². The highest BCUT2D eigenvalue weighted by atomic mass is 15.1. The van der Waals surface area contributed by atoms with Gasteiger partial charge in [-0.25, -0.2) is 0 Å². The Morgan fingerprint density at radius 3 is 2.10 bits per heavy atom. The fourth-order valence-electron chi connectivity index (χ4n) is 2.34. The zero-order valence-electron chi connectivity index (χ0n) is 11.8. The van der Waals surface area contributed by atoms with Gasteiger partial charge in [0.05, 0.1) is 11.8 Å². The van der Waals surface area contributed by atoms with Crippen LogP contribution < -0.4 is 10.6 Å². The van der Waals surface area contributed by atoms with Gasteiger partial charge < -0.3 is 10.6 Å². The van der Waals surface area contributed by atoms with Gasteiger partial charge in [-0.15, -0.1) is 0 Å². The summed E-state index contributed by atoms with van der Waals surface area (Å²) >= 11 is 0. The molecule has 3 heteroatoms. The molecule has 20 heavy (non-hydrogen) atoms. The van der Waals surface area contributed by atoms with Gasteiger partial charge in [-0.1, -0.05) is 48.5 Å². The van der Waals surface area contributed by atoms with Gasteiger partial charge in [0.2, 0.25) is 0 Å². The number of para-hydroxylation sites is 1. The van der Waals surface area contributed by atoms with Crippen LogP contribution in [0.4, 0.5) is 5.69 Å². The lowest BCUT2D eigenvalue weighted by Crippen LogP contribution is -2.34. The maximum atomic E-state index is 7.87. The van der Waals surface area contributed by atoms with Gasteiger partial charge in [0, 0.05) is 18.8 Å². The minimum atomic E-state index is -0.0728. The Morgan fingerprint density at radius 2 is 1.60 bits per heavy atom. The van der Waals surface area contributed by atoms with Crippen LogP contribution in [0.15, 0.2) is 60.7 Å². The minimum Gasteiger partial charge on any atom is -0.387 e. The Morgan fingerprint density at radius 1 is 1.05 bits per heavy atom. The van der Waals surface area contributed by atoms with E-state index in [1.54, 1.807) is 0 Å². The molecule has 1 unspecified atom stereocenters. The van der Waals surface area contributed by atoms with Crippen LogP contribution in [0, 0.1) is 5.41 Å². The lowest BCUT2D eigenvalue weighted by Gasteiger charge is -2.28. The molecule has 0 aliphatic rings. The van der Waals surface area contributed by atoms with Crippen molar-refractivity contribution in [1.82, 2.24) is 0 Å². The van der Waals surface area contributed by atoms with Crippen molar-refractivity contribution >= 4 is 11.5 Å². The highest BCUT2D eigenvalue weighted by Crippen LogP contribution is 2.21. The SMILES string of the molecule is CCN(CC(C(=N)N)c1ccccc1)c1ccccc1. The normalized spacial score (nSPS) is 11.8. The first kappa shape index (κ1) is 14.1. The average Bonchev–Trinajstić information content (AvgIpc) is 2.50. The van der Waals surface area contributed by atoms with Crippen molar-refractivity contribution in [3.05, 3.63) is 66.2 Å². The molecule has 0 heterocycles. The molecule has 0 amide bonds. The number of benzene rings is 2. The third kappa shape index (κ3) is 3.38. The lowest BCUT2D eigenvalue weighted by atomic mass is 9.97. The van der Waals surface area contributed by atoms with E-state index >= 15 is 0 Å². The smallest absolute Gasteiger partial charge is 0.1000 e. The maximum absolute atomic E-state index is 7.87. The molecular formula is C17H21N3. The standard InChI is InChI=1S/C17H21N3/c1-2-20(15-11-7-4-8-12-15)13-16(17(18)19)14-9-5-3-6-10-14/h3-12,16H,2,13H2,1H3,(H3,18,19).